The van der Waals surface area contributed by atoms with Crippen molar-refractivity contribution in [3.63, 3.8) is 0 Å². The summed E-state index contributed by atoms with van der Waals surface area (Å²) in [5.74, 6) is 0.220. The molecule has 128 valence electrons. The van der Waals surface area contributed by atoms with Gasteiger partial charge in [-0.05, 0) is 30.5 Å². The maximum atomic E-state index is 12.4. The van der Waals surface area contributed by atoms with Crippen LogP contribution in [0, 0.1) is 13.8 Å². The van der Waals surface area contributed by atoms with E-state index in [1.807, 2.05) is 62.4 Å². The highest BCUT2D eigenvalue weighted by molar-refractivity contribution is 6.03. The normalized spacial score (nSPS) is 10.6. The number of amides is 1. The molecule has 1 aromatic heterocycles. The lowest BCUT2D eigenvalue weighted by Crippen LogP contribution is -2.14. The maximum Gasteiger partial charge on any atom is 0.277 e. The molecule has 5 nitrogen and oxygen atoms in total. The number of nitrogens with one attached hydrogen (secondary N) is 1. The molecular formula is C20H20N2O3. The van der Waals surface area contributed by atoms with Gasteiger partial charge in [0.25, 0.3) is 5.91 Å². The fourth-order valence-corrected chi connectivity index (χ4v) is 2.52. The van der Waals surface area contributed by atoms with Crippen LogP contribution in [-0.2, 0) is 18.0 Å². The van der Waals surface area contributed by atoms with E-state index in [0.717, 1.165) is 22.4 Å². The molecule has 0 unspecified atom stereocenters. The molecule has 0 spiro atoms. The van der Waals surface area contributed by atoms with Crippen LogP contribution in [0.25, 0.3) is 0 Å². The Morgan fingerprint density at radius 3 is 2.48 bits per heavy atom. The quantitative estimate of drug-likeness (QED) is 0.730. The van der Waals surface area contributed by atoms with Crippen LogP contribution in [-0.4, -0.2) is 11.1 Å². The van der Waals surface area contributed by atoms with Crippen molar-refractivity contribution in [2.75, 3.05) is 5.32 Å². The highest BCUT2D eigenvalue weighted by atomic mass is 16.5. The van der Waals surface area contributed by atoms with E-state index in [4.69, 9.17) is 9.26 Å². The molecule has 1 N–H and O–H groups in total. The first-order valence-electron chi connectivity index (χ1n) is 8.08. The largest absolute Gasteiger partial charge is 0.369 e. The molecule has 0 saturated carbocycles. The van der Waals surface area contributed by atoms with Crippen LogP contribution in [0.3, 0.4) is 0 Å². The molecule has 0 bridgehead atoms. The first-order chi connectivity index (χ1) is 12.1. The summed E-state index contributed by atoms with van der Waals surface area (Å²) in [7, 11) is 0. The molecular weight excluding hydrogens is 316 g/mol. The number of carbonyl (C=O) groups is 1. The monoisotopic (exact) mass is 336 g/mol. The summed E-state index contributed by atoms with van der Waals surface area (Å²) in [6.45, 7) is 4.65. The van der Waals surface area contributed by atoms with Crippen LogP contribution in [0.1, 0.15) is 32.9 Å². The highest BCUT2D eigenvalue weighted by Crippen LogP contribution is 2.20. The zero-order chi connectivity index (χ0) is 17.6. The van der Waals surface area contributed by atoms with Crippen molar-refractivity contribution in [1.29, 1.82) is 0 Å². The Kier molecular flexibility index (Phi) is 5.26. The summed E-state index contributed by atoms with van der Waals surface area (Å²) in [6.07, 6.45) is 0. The Hall–Kier alpha value is -2.92. The molecule has 25 heavy (non-hydrogen) atoms. The number of aromatic nitrogens is 1. The number of nitrogens with zero attached hydrogens (tertiary/aromatic N) is 1. The molecule has 1 heterocycles. The van der Waals surface area contributed by atoms with Crippen LogP contribution in [0.2, 0.25) is 0 Å². The standard InChI is InChI=1S/C20H20N2O3/c1-14-7-6-8-15(2)19(14)21-20(23)18-11-17(25-22-18)13-24-12-16-9-4-3-5-10-16/h3-11H,12-13H2,1-2H3,(H,21,23). The Morgan fingerprint density at radius 2 is 1.76 bits per heavy atom. The van der Waals surface area contributed by atoms with Crippen LogP contribution < -0.4 is 5.32 Å². The predicted molar refractivity (Wildman–Crippen MR) is 95.3 cm³/mol. The molecule has 5 heteroatoms. The second-order valence-electron chi connectivity index (χ2n) is 5.88. The minimum absolute atomic E-state index is 0.237. The van der Waals surface area contributed by atoms with Gasteiger partial charge < -0.3 is 14.6 Å². The molecule has 1 amide bonds. The van der Waals surface area contributed by atoms with E-state index in [9.17, 15) is 4.79 Å². The molecule has 0 aliphatic rings. The summed E-state index contributed by atoms with van der Waals surface area (Å²) in [6, 6.07) is 17.3. The third-order valence-corrected chi connectivity index (χ3v) is 3.87. The van der Waals surface area contributed by atoms with Gasteiger partial charge in [-0.1, -0.05) is 53.7 Å². The lowest BCUT2D eigenvalue weighted by Gasteiger charge is -2.09. The Morgan fingerprint density at radius 1 is 1.04 bits per heavy atom. The molecule has 0 saturated heterocycles. The van der Waals surface area contributed by atoms with Gasteiger partial charge in [0, 0.05) is 11.8 Å². The number of rotatable bonds is 6. The molecule has 0 aliphatic heterocycles. The Bertz CT molecular complexity index is 836. The van der Waals surface area contributed by atoms with Crippen molar-refractivity contribution < 1.29 is 14.1 Å². The Balaban J connectivity index is 1.58. The first-order valence-corrected chi connectivity index (χ1v) is 8.08. The summed E-state index contributed by atoms with van der Waals surface area (Å²) in [5.41, 5.74) is 4.12. The minimum Gasteiger partial charge on any atom is -0.369 e. The van der Waals surface area contributed by atoms with Crippen LogP contribution in [0.5, 0.6) is 0 Å². The van der Waals surface area contributed by atoms with Crippen LogP contribution in [0.4, 0.5) is 5.69 Å². The molecule has 0 fully saturated rings. The summed E-state index contributed by atoms with van der Waals surface area (Å²) < 4.78 is 10.8. The number of anilines is 1. The predicted octanol–water partition coefficient (Wildman–Crippen LogP) is 4.26. The number of hydrogen-bond acceptors (Lipinski definition) is 4. The van der Waals surface area contributed by atoms with Gasteiger partial charge in [0.05, 0.1) is 6.61 Å². The van der Waals surface area contributed by atoms with Crippen molar-refractivity contribution in [2.45, 2.75) is 27.1 Å². The third-order valence-electron chi connectivity index (χ3n) is 3.87. The van der Waals surface area contributed by atoms with Crippen LogP contribution in [0.15, 0.2) is 59.1 Å². The summed E-state index contributed by atoms with van der Waals surface area (Å²) in [4.78, 5) is 12.4. The lowest BCUT2D eigenvalue weighted by molar-refractivity contribution is 0.0881. The fraction of sp³-hybridized carbons (Fsp3) is 0.200. The van der Waals surface area contributed by atoms with Crippen molar-refractivity contribution in [3.05, 3.63) is 82.7 Å². The van der Waals surface area contributed by atoms with Gasteiger partial charge in [0.2, 0.25) is 0 Å². The van der Waals surface area contributed by atoms with Crippen molar-refractivity contribution in [3.8, 4) is 0 Å². The molecule has 3 rings (SSSR count). The van der Waals surface area contributed by atoms with Gasteiger partial charge in [0.1, 0.15) is 6.61 Å². The van der Waals surface area contributed by atoms with Crippen molar-refractivity contribution in [2.24, 2.45) is 0 Å². The number of hydrogen-bond donors (Lipinski definition) is 1. The number of carbonyl (C=O) groups excluding carboxylic acids is 1. The minimum atomic E-state index is -0.296. The topological polar surface area (TPSA) is 64.4 Å². The van der Waals surface area contributed by atoms with E-state index in [0.29, 0.717) is 12.4 Å². The average molecular weight is 336 g/mol. The third kappa shape index (κ3) is 4.33. The number of para-hydroxylation sites is 1. The summed E-state index contributed by atoms with van der Waals surface area (Å²) in [5, 5.41) is 6.72. The number of ether oxygens (including phenoxy) is 1. The molecule has 2 aromatic carbocycles. The van der Waals surface area contributed by atoms with E-state index in [1.165, 1.54) is 0 Å². The van der Waals surface area contributed by atoms with Gasteiger partial charge in [0.15, 0.2) is 11.5 Å². The fourth-order valence-electron chi connectivity index (χ4n) is 2.52. The molecule has 0 atom stereocenters. The second kappa shape index (κ2) is 7.77. The number of aryl methyl sites for hydroxylation is 2. The average Bonchev–Trinajstić information content (AvgIpc) is 3.08. The molecule has 3 aromatic rings. The van der Waals surface area contributed by atoms with Gasteiger partial charge in [-0.25, -0.2) is 0 Å². The lowest BCUT2D eigenvalue weighted by atomic mass is 10.1. The van der Waals surface area contributed by atoms with E-state index >= 15 is 0 Å². The van der Waals surface area contributed by atoms with Gasteiger partial charge in [-0.2, -0.15) is 0 Å². The second-order valence-corrected chi connectivity index (χ2v) is 5.88. The first kappa shape index (κ1) is 16.9. The highest BCUT2D eigenvalue weighted by Gasteiger charge is 2.14. The van der Waals surface area contributed by atoms with Crippen LogP contribution >= 0.6 is 0 Å². The van der Waals surface area contributed by atoms with Gasteiger partial charge in [-0.15, -0.1) is 0 Å². The zero-order valence-corrected chi connectivity index (χ0v) is 14.3. The van der Waals surface area contributed by atoms with E-state index in [-0.39, 0.29) is 18.2 Å². The van der Waals surface area contributed by atoms with Crippen molar-refractivity contribution >= 4 is 11.6 Å². The van der Waals surface area contributed by atoms with E-state index < -0.39 is 0 Å². The van der Waals surface area contributed by atoms with E-state index in [2.05, 4.69) is 10.5 Å². The Labute approximate surface area is 146 Å². The smallest absolute Gasteiger partial charge is 0.277 e. The van der Waals surface area contributed by atoms with Gasteiger partial charge in [-0.3, -0.25) is 4.79 Å². The maximum absolute atomic E-state index is 12.4. The van der Waals surface area contributed by atoms with Gasteiger partial charge >= 0.3 is 0 Å². The molecule has 0 radical (unpaired) electrons. The summed E-state index contributed by atoms with van der Waals surface area (Å²) >= 11 is 0. The van der Waals surface area contributed by atoms with E-state index in [1.54, 1.807) is 6.07 Å². The SMILES string of the molecule is Cc1cccc(C)c1NC(=O)c1cc(COCc2ccccc2)on1. The zero-order valence-electron chi connectivity index (χ0n) is 14.3. The van der Waals surface area contributed by atoms with Crippen molar-refractivity contribution in [1.82, 2.24) is 5.16 Å². The number of benzene rings is 2. The molecule has 0 aliphatic carbocycles.